The Kier molecular flexibility index (Phi) is 5.10. The highest BCUT2D eigenvalue weighted by Crippen LogP contribution is 2.50. The standard InChI is InChI=1S/C7H12ClN2O3PS2/c1-10-7(16-4)5(8)6(9-10)13-14(15,11-2)12-3/h1-4H3. The van der Waals surface area contributed by atoms with Gasteiger partial charge in [-0.25, -0.2) is 0 Å². The molecule has 1 aromatic rings. The van der Waals surface area contributed by atoms with Crippen LogP contribution in [-0.2, 0) is 27.9 Å². The first-order chi connectivity index (χ1) is 7.47. The molecule has 1 heterocycles. The van der Waals surface area contributed by atoms with E-state index >= 15 is 0 Å². The summed E-state index contributed by atoms with van der Waals surface area (Å²) < 4.78 is 17.0. The Bertz CT molecular complexity index is 418. The van der Waals surface area contributed by atoms with Crippen LogP contribution in [0.15, 0.2) is 5.03 Å². The van der Waals surface area contributed by atoms with E-state index in [2.05, 4.69) is 5.10 Å². The number of aromatic nitrogens is 2. The average Bonchev–Trinajstić information content (AvgIpc) is 2.53. The van der Waals surface area contributed by atoms with E-state index in [1.54, 1.807) is 11.7 Å². The van der Waals surface area contributed by atoms with Gasteiger partial charge >= 0.3 is 6.72 Å². The van der Waals surface area contributed by atoms with Crippen molar-refractivity contribution in [3.63, 3.8) is 0 Å². The molecule has 9 heteroatoms. The highest BCUT2D eigenvalue weighted by Gasteiger charge is 2.24. The molecule has 0 aromatic carbocycles. The zero-order valence-corrected chi connectivity index (χ0v) is 12.5. The Morgan fingerprint density at radius 2 is 2.00 bits per heavy atom. The second-order valence-corrected chi connectivity index (χ2v) is 6.98. The number of nitrogens with zero attached hydrogens (tertiary/aromatic N) is 2. The Hall–Kier alpha value is 0.220. The molecule has 0 N–H and O–H groups in total. The van der Waals surface area contributed by atoms with Crippen molar-refractivity contribution in [2.24, 2.45) is 7.05 Å². The molecule has 0 saturated carbocycles. The maximum absolute atomic E-state index is 6.08. The zero-order valence-electron chi connectivity index (χ0n) is 9.26. The molecular weight excluding hydrogens is 291 g/mol. The number of thioether (sulfide) groups is 1. The summed E-state index contributed by atoms with van der Waals surface area (Å²) in [5.41, 5.74) is 0. The first-order valence-electron chi connectivity index (χ1n) is 4.15. The van der Waals surface area contributed by atoms with Crippen molar-refractivity contribution in [2.75, 3.05) is 20.5 Å². The second kappa shape index (κ2) is 5.71. The largest absolute Gasteiger partial charge is 0.402 e. The van der Waals surface area contributed by atoms with Gasteiger partial charge in [0, 0.05) is 33.1 Å². The predicted octanol–water partition coefficient (Wildman–Crippen LogP) is 2.69. The third-order valence-corrected chi connectivity index (χ3v) is 5.47. The topological polar surface area (TPSA) is 45.5 Å². The molecule has 0 atom stereocenters. The Morgan fingerprint density at radius 3 is 2.38 bits per heavy atom. The van der Waals surface area contributed by atoms with Gasteiger partial charge in [0.05, 0.1) is 0 Å². The number of hydrogen-bond donors (Lipinski definition) is 0. The van der Waals surface area contributed by atoms with Gasteiger partial charge in [0.25, 0.3) is 5.88 Å². The fraction of sp³-hybridized carbons (Fsp3) is 0.571. The molecule has 0 aliphatic heterocycles. The Morgan fingerprint density at radius 1 is 1.44 bits per heavy atom. The molecule has 5 nitrogen and oxygen atoms in total. The first kappa shape index (κ1) is 14.3. The van der Waals surface area contributed by atoms with E-state index in [4.69, 9.17) is 37.0 Å². The highest BCUT2D eigenvalue weighted by molar-refractivity contribution is 8.07. The normalized spacial score (nSPS) is 11.8. The minimum absolute atomic E-state index is 0.237. The van der Waals surface area contributed by atoms with Crippen molar-refractivity contribution < 1.29 is 13.6 Å². The minimum Gasteiger partial charge on any atom is -0.402 e. The summed E-state index contributed by atoms with van der Waals surface area (Å²) in [6, 6.07) is 0. The van der Waals surface area contributed by atoms with Crippen molar-refractivity contribution in [3.8, 4) is 5.88 Å². The summed E-state index contributed by atoms with van der Waals surface area (Å²) in [6.07, 6.45) is 1.90. The van der Waals surface area contributed by atoms with Crippen LogP contribution in [0.2, 0.25) is 5.02 Å². The van der Waals surface area contributed by atoms with Crippen molar-refractivity contribution in [2.45, 2.75) is 5.03 Å². The van der Waals surface area contributed by atoms with Crippen molar-refractivity contribution in [1.29, 1.82) is 0 Å². The lowest BCUT2D eigenvalue weighted by atomic mass is 10.7. The van der Waals surface area contributed by atoms with E-state index < -0.39 is 6.72 Å². The monoisotopic (exact) mass is 302 g/mol. The minimum atomic E-state index is -2.78. The molecule has 0 unspecified atom stereocenters. The van der Waals surface area contributed by atoms with Gasteiger partial charge in [-0.15, -0.1) is 16.9 Å². The van der Waals surface area contributed by atoms with Gasteiger partial charge < -0.3 is 13.6 Å². The van der Waals surface area contributed by atoms with E-state index in [-0.39, 0.29) is 5.88 Å². The van der Waals surface area contributed by atoms with Gasteiger partial charge in [-0.3, -0.25) is 4.68 Å². The van der Waals surface area contributed by atoms with Crippen LogP contribution in [0.25, 0.3) is 0 Å². The average molecular weight is 303 g/mol. The van der Waals surface area contributed by atoms with E-state index in [1.165, 1.54) is 26.0 Å². The molecular formula is C7H12ClN2O3PS2. The molecule has 0 amide bonds. The predicted molar refractivity (Wildman–Crippen MR) is 68.9 cm³/mol. The number of halogens is 1. The summed E-state index contributed by atoms with van der Waals surface area (Å²) in [4.78, 5) is 0. The molecule has 0 bridgehead atoms. The van der Waals surface area contributed by atoms with Crippen LogP contribution in [0.4, 0.5) is 0 Å². The fourth-order valence-corrected chi connectivity index (χ4v) is 2.90. The molecule has 0 aliphatic rings. The van der Waals surface area contributed by atoms with E-state index in [1.807, 2.05) is 6.26 Å². The van der Waals surface area contributed by atoms with E-state index in [0.717, 1.165) is 5.03 Å². The van der Waals surface area contributed by atoms with Crippen LogP contribution in [0.1, 0.15) is 0 Å². The first-order valence-corrected chi connectivity index (χ1v) is 8.31. The lowest BCUT2D eigenvalue weighted by Crippen LogP contribution is -1.98. The SMILES string of the molecule is COP(=S)(OC)Oc1nn(C)c(SC)c1Cl. The zero-order chi connectivity index (χ0) is 12.3. The Balaban J connectivity index is 3.03. The molecule has 0 radical (unpaired) electrons. The number of rotatable bonds is 5. The molecule has 1 aromatic heterocycles. The van der Waals surface area contributed by atoms with Crippen LogP contribution < -0.4 is 4.52 Å². The third kappa shape index (κ3) is 2.91. The van der Waals surface area contributed by atoms with Crippen LogP contribution in [0, 0.1) is 0 Å². The van der Waals surface area contributed by atoms with E-state index in [0.29, 0.717) is 5.02 Å². The van der Waals surface area contributed by atoms with Crippen LogP contribution in [0.3, 0.4) is 0 Å². The van der Waals surface area contributed by atoms with Crippen molar-refractivity contribution >= 4 is 41.9 Å². The second-order valence-electron chi connectivity index (χ2n) is 2.66. The third-order valence-electron chi connectivity index (χ3n) is 1.75. The lowest BCUT2D eigenvalue weighted by molar-refractivity contribution is 0.270. The van der Waals surface area contributed by atoms with Crippen LogP contribution in [0.5, 0.6) is 5.88 Å². The fourth-order valence-electron chi connectivity index (χ4n) is 0.994. The molecule has 0 spiro atoms. The molecule has 92 valence electrons. The summed E-state index contributed by atoms with van der Waals surface area (Å²) in [6.45, 7) is -2.78. The molecule has 16 heavy (non-hydrogen) atoms. The molecule has 0 saturated heterocycles. The van der Waals surface area contributed by atoms with E-state index in [9.17, 15) is 0 Å². The smallest absolute Gasteiger partial charge is 0.381 e. The van der Waals surface area contributed by atoms with Gasteiger partial charge in [0.1, 0.15) is 10.0 Å². The summed E-state index contributed by atoms with van der Waals surface area (Å²) in [5, 5.41) is 5.32. The van der Waals surface area contributed by atoms with Crippen LogP contribution >= 0.6 is 30.1 Å². The van der Waals surface area contributed by atoms with Gasteiger partial charge in [0.15, 0.2) is 0 Å². The van der Waals surface area contributed by atoms with Gasteiger partial charge in [0.2, 0.25) is 0 Å². The summed E-state index contributed by atoms with van der Waals surface area (Å²) in [7, 11) is 4.63. The van der Waals surface area contributed by atoms with Crippen molar-refractivity contribution in [3.05, 3.63) is 5.02 Å². The quantitative estimate of drug-likeness (QED) is 0.615. The maximum atomic E-state index is 6.08. The Labute approximate surface area is 109 Å². The molecule has 0 fully saturated rings. The highest BCUT2D eigenvalue weighted by atomic mass is 35.5. The number of hydrogen-bond acceptors (Lipinski definition) is 6. The maximum Gasteiger partial charge on any atom is 0.381 e. The van der Waals surface area contributed by atoms with Crippen LogP contribution in [-0.4, -0.2) is 30.3 Å². The lowest BCUT2D eigenvalue weighted by Gasteiger charge is -2.16. The van der Waals surface area contributed by atoms with Gasteiger partial charge in [-0.05, 0) is 6.26 Å². The van der Waals surface area contributed by atoms with Gasteiger partial charge in [-0.2, -0.15) is 0 Å². The molecule has 0 aliphatic carbocycles. The molecule has 1 rings (SSSR count). The van der Waals surface area contributed by atoms with Gasteiger partial charge in [-0.1, -0.05) is 11.6 Å². The van der Waals surface area contributed by atoms with Crippen molar-refractivity contribution in [1.82, 2.24) is 9.78 Å². The summed E-state index contributed by atoms with van der Waals surface area (Å²) in [5.74, 6) is 0.237. The summed E-state index contributed by atoms with van der Waals surface area (Å²) >= 11 is 12.6. The number of aryl methyl sites for hydroxylation is 1.